The van der Waals surface area contributed by atoms with Gasteiger partial charge in [0, 0.05) is 25.7 Å². The van der Waals surface area contributed by atoms with Crippen LogP contribution >= 0.6 is 11.6 Å². The smallest absolute Gasteiger partial charge is 0.354 e. The summed E-state index contributed by atoms with van der Waals surface area (Å²) < 4.78 is 39.0. The lowest BCUT2D eigenvalue weighted by atomic mass is 10.1. The van der Waals surface area contributed by atoms with Gasteiger partial charge < -0.3 is 10.2 Å². The first-order valence-electron chi connectivity index (χ1n) is 8.14. The molecule has 2 amide bonds. The Morgan fingerprint density at radius 2 is 1.78 bits per heavy atom. The van der Waals surface area contributed by atoms with Crippen molar-refractivity contribution in [1.29, 1.82) is 0 Å². The number of hydrogen-bond donors (Lipinski definition) is 1. The number of benzene rings is 2. The van der Waals surface area contributed by atoms with Crippen molar-refractivity contribution in [2.24, 2.45) is 0 Å². The standard InChI is InChI=1S/C19H18ClF3N2O2/c1-13(26)25(15-7-8-17(20)16(12-15)19(21,22)23)10-9-24-18(27)11-14-5-3-2-4-6-14/h2-8,12H,9-11H2,1H3,(H,24,27). The Bertz CT molecular complexity index is 810. The van der Waals surface area contributed by atoms with Gasteiger partial charge in [0.2, 0.25) is 11.8 Å². The number of halogens is 4. The Kier molecular flexibility index (Phi) is 6.85. The number of rotatable bonds is 6. The van der Waals surface area contributed by atoms with Crippen molar-refractivity contribution < 1.29 is 22.8 Å². The highest BCUT2D eigenvalue weighted by atomic mass is 35.5. The van der Waals surface area contributed by atoms with Crippen LogP contribution in [0.4, 0.5) is 18.9 Å². The van der Waals surface area contributed by atoms with Gasteiger partial charge in [-0.2, -0.15) is 13.2 Å². The van der Waals surface area contributed by atoms with Crippen LogP contribution < -0.4 is 10.2 Å². The number of alkyl halides is 3. The lowest BCUT2D eigenvalue weighted by molar-refractivity contribution is -0.137. The minimum Gasteiger partial charge on any atom is -0.354 e. The van der Waals surface area contributed by atoms with Crippen molar-refractivity contribution in [1.82, 2.24) is 5.32 Å². The SMILES string of the molecule is CC(=O)N(CCNC(=O)Cc1ccccc1)c1ccc(Cl)c(C(F)(F)F)c1. The van der Waals surface area contributed by atoms with Crippen molar-refractivity contribution in [2.75, 3.05) is 18.0 Å². The minimum absolute atomic E-state index is 0.0365. The summed E-state index contributed by atoms with van der Waals surface area (Å²) in [7, 11) is 0. The first kappa shape index (κ1) is 20.8. The molecule has 0 spiro atoms. The molecule has 0 radical (unpaired) electrons. The molecule has 27 heavy (non-hydrogen) atoms. The van der Waals surface area contributed by atoms with Gasteiger partial charge in [-0.3, -0.25) is 9.59 Å². The number of carbonyl (C=O) groups is 2. The van der Waals surface area contributed by atoms with Crippen molar-refractivity contribution in [3.8, 4) is 0 Å². The highest BCUT2D eigenvalue weighted by Crippen LogP contribution is 2.36. The maximum absolute atomic E-state index is 13.0. The maximum Gasteiger partial charge on any atom is 0.417 e. The van der Waals surface area contributed by atoms with Crippen LogP contribution in [0.5, 0.6) is 0 Å². The van der Waals surface area contributed by atoms with Gasteiger partial charge in [0.25, 0.3) is 0 Å². The van der Waals surface area contributed by atoms with Gasteiger partial charge in [0.05, 0.1) is 17.0 Å². The third kappa shape index (κ3) is 5.99. The van der Waals surface area contributed by atoms with Gasteiger partial charge in [-0.15, -0.1) is 0 Å². The third-order valence-electron chi connectivity index (χ3n) is 3.81. The largest absolute Gasteiger partial charge is 0.417 e. The summed E-state index contributed by atoms with van der Waals surface area (Å²) in [5.41, 5.74) is -0.108. The van der Waals surface area contributed by atoms with Crippen LogP contribution in [-0.4, -0.2) is 24.9 Å². The summed E-state index contributed by atoms with van der Waals surface area (Å²) >= 11 is 5.61. The maximum atomic E-state index is 13.0. The predicted molar refractivity (Wildman–Crippen MR) is 97.6 cm³/mol. The number of hydrogen-bond acceptors (Lipinski definition) is 2. The molecule has 2 rings (SSSR count). The summed E-state index contributed by atoms with van der Waals surface area (Å²) in [6.07, 6.45) is -4.44. The van der Waals surface area contributed by atoms with Crippen LogP contribution in [0.2, 0.25) is 5.02 Å². The van der Waals surface area contributed by atoms with E-state index in [2.05, 4.69) is 5.32 Å². The molecule has 0 aliphatic rings. The third-order valence-corrected chi connectivity index (χ3v) is 4.14. The molecule has 0 unspecified atom stereocenters. The molecule has 0 bridgehead atoms. The quantitative estimate of drug-likeness (QED) is 0.797. The van der Waals surface area contributed by atoms with Gasteiger partial charge in [-0.25, -0.2) is 0 Å². The molecule has 0 aromatic heterocycles. The van der Waals surface area contributed by atoms with E-state index >= 15 is 0 Å². The molecule has 1 N–H and O–H groups in total. The fourth-order valence-corrected chi connectivity index (χ4v) is 2.74. The van der Waals surface area contributed by atoms with E-state index in [1.54, 1.807) is 0 Å². The second-order valence-corrected chi connectivity index (χ2v) is 6.25. The fourth-order valence-electron chi connectivity index (χ4n) is 2.52. The van der Waals surface area contributed by atoms with Gasteiger partial charge in [-0.1, -0.05) is 41.9 Å². The predicted octanol–water partition coefficient (Wildman–Crippen LogP) is 4.07. The zero-order valence-electron chi connectivity index (χ0n) is 14.5. The van der Waals surface area contributed by atoms with E-state index < -0.39 is 22.7 Å². The van der Waals surface area contributed by atoms with Gasteiger partial charge in [0.15, 0.2) is 0 Å². The van der Waals surface area contributed by atoms with Crippen LogP contribution in [0.25, 0.3) is 0 Å². The molecule has 0 saturated carbocycles. The van der Waals surface area contributed by atoms with Crippen LogP contribution in [0, 0.1) is 0 Å². The van der Waals surface area contributed by atoms with E-state index in [1.165, 1.54) is 13.0 Å². The van der Waals surface area contributed by atoms with Crippen LogP contribution in [-0.2, 0) is 22.2 Å². The van der Waals surface area contributed by atoms with E-state index in [1.807, 2.05) is 30.3 Å². The molecular formula is C19H18ClF3N2O2. The zero-order chi connectivity index (χ0) is 20.0. The molecule has 2 aromatic rings. The first-order chi connectivity index (χ1) is 12.7. The minimum atomic E-state index is -4.63. The van der Waals surface area contributed by atoms with Gasteiger partial charge >= 0.3 is 6.18 Å². The Morgan fingerprint density at radius 3 is 2.37 bits per heavy atom. The summed E-state index contributed by atoms with van der Waals surface area (Å²) in [6, 6.07) is 12.4. The van der Waals surface area contributed by atoms with E-state index in [9.17, 15) is 22.8 Å². The van der Waals surface area contributed by atoms with Crippen molar-refractivity contribution in [2.45, 2.75) is 19.5 Å². The molecule has 4 nitrogen and oxygen atoms in total. The molecule has 0 atom stereocenters. The number of carbonyl (C=O) groups excluding carboxylic acids is 2. The summed E-state index contributed by atoms with van der Waals surface area (Å²) in [5.74, 6) is -0.681. The van der Waals surface area contributed by atoms with E-state index in [4.69, 9.17) is 11.6 Å². The van der Waals surface area contributed by atoms with Crippen molar-refractivity contribution in [3.63, 3.8) is 0 Å². The number of nitrogens with zero attached hydrogens (tertiary/aromatic N) is 1. The topological polar surface area (TPSA) is 49.4 Å². The van der Waals surface area contributed by atoms with Gasteiger partial charge in [0.1, 0.15) is 0 Å². The monoisotopic (exact) mass is 398 g/mol. The Balaban J connectivity index is 2.02. The Labute approximate surface area is 159 Å². The van der Waals surface area contributed by atoms with Crippen molar-refractivity contribution >= 4 is 29.1 Å². The van der Waals surface area contributed by atoms with E-state index in [0.29, 0.717) is 0 Å². The molecule has 0 fully saturated rings. The summed E-state index contributed by atoms with van der Waals surface area (Å²) in [5, 5.41) is 2.22. The molecule has 2 aromatic carbocycles. The summed E-state index contributed by atoms with van der Waals surface area (Å²) in [6.45, 7) is 1.39. The number of anilines is 1. The second-order valence-electron chi connectivity index (χ2n) is 5.84. The fraction of sp³-hybridized carbons (Fsp3) is 0.263. The second kappa shape index (κ2) is 8.90. The van der Waals surface area contributed by atoms with Gasteiger partial charge in [-0.05, 0) is 23.8 Å². The Hall–Kier alpha value is -2.54. The summed E-state index contributed by atoms with van der Waals surface area (Å²) in [4.78, 5) is 25.0. The van der Waals surface area contributed by atoms with E-state index in [0.717, 1.165) is 22.6 Å². The lowest BCUT2D eigenvalue weighted by Gasteiger charge is -2.23. The highest BCUT2D eigenvalue weighted by Gasteiger charge is 2.34. The first-order valence-corrected chi connectivity index (χ1v) is 8.51. The molecule has 0 aliphatic carbocycles. The van der Waals surface area contributed by atoms with Crippen molar-refractivity contribution in [3.05, 3.63) is 64.7 Å². The van der Waals surface area contributed by atoms with Crippen LogP contribution in [0.3, 0.4) is 0 Å². The molecular weight excluding hydrogens is 381 g/mol. The zero-order valence-corrected chi connectivity index (χ0v) is 15.3. The average molecular weight is 399 g/mol. The molecule has 144 valence electrons. The van der Waals surface area contributed by atoms with Crippen LogP contribution in [0.1, 0.15) is 18.1 Å². The number of amides is 2. The van der Waals surface area contributed by atoms with E-state index in [-0.39, 0.29) is 31.1 Å². The van der Waals surface area contributed by atoms with Crippen LogP contribution in [0.15, 0.2) is 48.5 Å². The molecule has 0 heterocycles. The molecule has 0 saturated heterocycles. The average Bonchev–Trinajstić information content (AvgIpc) is 2.59. The highest BCUT2D eigenvalue weighted by molar-refractivity contribution is 6.31. The number of nitrogens with one attached hydrogen (secondary N) is 1. The molecule has 8 heteroatoms. The Morgan fingerprint density at radius 1 is 1.11 bits per heavy atom. The lowest BCUT2D eigenvalue weighted by Crippen LogP contribution is -2.38. The normalized spacial score (nSPS) is 11.1. The molecule has 0 aliphatic heterocycles.